The Balaban J connectivity index is 1.45. The Morgan fingerprint density at radius 1 is 1.13 bits per heavy atom. The minimum Gasteiger partial charge on any atom is -0.361 e. The number of fused-ring (bicyclic) bond motifs is 1. The van der Waals surface area contributed by atoms with Gasteiger partial charge in [-0.2, -0.15) is 5.10 Å². The van der Waals surface area contributed by atoms with Crippen molar-refractivity contribution < 1.29 is 4.79 Å². The van der Waals surface area contributed by atoms with E-state index in [1.54, 1.807) is 11.6 Å². The lowest BCUT2D eigenvalue weighted by Crippen LogP contribution is -2.40. The summed E-state index contributed by atoms with van der Waals surface area (Å²) in [6.07, 6.45) is 3.64. The fourth-order valence-corrected chi connectivity index (χ4v) is 4.30. The molecule has 30 heavy (non-hydrogen) atoms. The van der Waals surface area contributed by atoms with Gasteiger partial charge in [0.15, 0.2) is 0 Å². The summed E-state index contributed by atoms with van der Waals surface area (Å²) in [6.45, 7) is 1.26. The zero-order valence-electron chi connectivity index (χ0n) is 16.8. The van der Waals surface area contributed by atoms with Crippen LogP contribution in [0.25, 0.3) is 16.6 Å². The van der Waals surface area contributed by atoms with E-state index in [0.29, 0.717) is 24.5 Å². The van der Waals surface area contributed by atoms with E-state index in [1.807, 2.05) is 65.7 Å². The second-order valence-corrected chi connectivity index (χ2v) is 7.81. The smallest absolute Gasteiger partial charge is 0.350 e. The number of aryl methyl sites for hydroxylation is 1. The van der Waals surface area contributed by atoms with Crippen molar-refractivity contribution in [3.63, 3.8) is 0 Å². The molecule has 1 aliphatic heterocycles. The quantitative estimate of drug-likeness (QED) is 0.573. The molecule has 0 radical (unpaired) electrons. The molecule has 1 fully saturated rings. The monoisotopic (exact) mass is 401 g/mol. The van der Waals surface area contributed by atoms with E-state index in [1.165, 1.54) is 4.68 Å². The van der Waals surface area contributed by atoms with Gasteiger partial charge in [0.2, 0.25) is 0 Å². The number of carbonyl (C=O) groups excluding carboxylic acids is 1. The molecule has 0 saturated carbocycles. The van der Waals surface area contributed by atoms with Crippen LogP contribution in [0, 0.1) is 0 Å². The number of hydrogen-bond acceptors (Lipinski definition) is 3. The molecule has 152 valence electrons. The number of nitrogens with zero attached hydrogens (tertiary/aromatic N) is 4. The molecule has 1 amide bonds. The highest BCUT2D eigenvalue weighted by Crippen LogP contribution is 2.28. The maximum absolute atomic E-state index is 13.2. The summed E-state index contributed by atoms with van der Waals surface area (Å²) in [7, 11) is 1.67. The first-order valence-electron chi connectivity index (χ1n) is 10.2. The van der Waals surface area contributed by atoms with E-state index < -0.39 is 0 Å². The highest BCUT2D eigenvalue weighted by molar-refractivity contribution is 5.98. The fourth-order valence-electron chi connectivity index (χ4n) is 4.30. The zero-order chi connectivity index (χ0) is 20.7. The molecule has 1 atom stereocenters. The van der Waals surface area contributed by atoms with Crippen LogP contribution in [-0.2, 0) is 7.05 Å². The number of hydrogen-bond donors (Lipinski definition) is 1. The Kier molecular flexibility index (Phi) is 4.50. The van der Waals surface area contributed by atoms with Gasteiger partial charge < -0.3 is 9.88 Å². The third-order valence-corrected chi connectivity index (χ3v) is 5.84. The lowest BCUT2D eigenvalue weighted by atomic mass is 9.96. The van der Waals surface area contributed by atoms with Crippen LogP contribution in [-0.4, -0.2) is 43.2 Å². The van der Waals surface area contributed by atoms with E-state index in [9.17, 15) is 9.59 Å². The number of benzene rings is 2. The van der Waals surface area contributed by atoms with Gasteiger partial charge in [0.1, 0.15) is 5.82 Å². The molecule has 0 bridgehead atoms. The first-order chi connectivity index (χ1) is 14.6. The summed E-state index contributed by atoms with van der Waals surface area (Å²) >= 11 is 0. The molecule has 3 heterocycles. The molecule has 2 aromatic heterocycles. The van der Waals surface area contributed by atoms with Crippen LogP contribution in [0.4, 0.5) is 0 Å². The molecule has 7 heteroatoms. The molecule has 5 rings (SSSR count). The van der Waals surface area contributed by atoms with Crippen LogP contribution in [0.2, 0.25) is 0 Å². The Morgan fingerprint density at radius 3 is 2.80 bits per heavy atom. The van der Waals surface area contributed by atoms with Crippen molar-refractivity contribution in [2.24, 2.45) is 7.05 Å². The predicted molar refractivity (Wildman–Crippen MR) is 115 cm³/mol. The molecular formula is C23H23N5O2. The third-order valence-electron chi connectivity index (χ3n) is 5.84. The number of aromatic amines is 1. The molecule has 1 N–H and O–H groups in total. The second-order valence-electron chi connectivity index (χ2n) is 7.81. The summed E-state index contributed by atoms with van der Waals surface area (Å²) in [5.41, 5.74) is 2.26. The molecule has 0 spiro atoms. The molecular weight excluding hydrogens is 378 g/mol. The number of rotatable bonds is 3. The Bertz CT molecular complexity index is 1270. The van der Waals surface area contributed by atoms with Crippen LogP contribution in [0.3, 0.4) is 0 Å². The van der Waals surface area contributed by atoms with Crippen molar-refractivity contribution in [1.82, 2.24) is 24.2 Å². The molecule has 1 saturated heterocycles. The number of amides is 1. The predicted octanol–water partition coefficient (Wildman–Crippen LogP) is 3.07. The topological polar surface area (TPSA) is 75.9 Å². The SMILES string of the molecule is Cn1nc([C@H]2CCCN(C(=O)c3ccc4cc[nH]c4c3)C2)n(-c2ccccc2)c1=O. The van der Waals surface area contributed by atoms with Crippen molar-refractivity contribution >= 4 is 16.8 Å². The van der Waals surface area contributed by atoms with Crippen molar-refractivity contribution in [2.75, 3.05) is 13.1 Å². The van der Waals surface area contributed by atoms with Crippen molar-refractivity contribution in [2.45, 2.75) is 18.8 Å². The average molecular weight is 401 g/mol. The van der Waals surface area contributed by atoms with Gasteiger partial charge in [-0.25, -0.2) is 14.0 Å². The standard InChI is InChI=1S/C23H23N5O2/c1-26-23(30)28(19-7-3-2-4-8-19)21(25-26)18-6-5-13-27(15-18)22(29)17-10-9-16-11-12-24-20(16)14-17/h2-4,7-12,14,18,24H,5-6,13,15H2,1H3/t18-/m0/s1. The number of piperidine rings is 1. The summed E-state index contributed by atoms with van der Waals surface area (Å²) in [4.78, 5) is 31.0. The average Bonchev–Trinajstić information content (AvgIpc) is 3.37. The summed E-state index contributed by atoms with van der Waals surface area (Å²) < 4.78 is 3.05. The normalized spacial score (nSPS) is 16.8. The zero-order valence-corrected chi connectivity index (χ0v) is 16.8. The van der Waals surface area contributed by atoms with Crippen LogP contribution >= 0.6 is 0 Å². The Labute approximate surface area is 173 Å². The summed E-state index contributed by atoms with van der Waals surface area (Å²) in [5.74, 6) is 0.734. The van der Waals surface area contributed by atoms with Gasteiger partial charge in [0.05, 0.1) is 5.69 Å². The largest absolute Gasteiger partial charge is 0.361 e. The first-order valence-corrected chi connectivity index (χ1v) is 10.2. The van der Waals surface area contributed by atoms with E-state index in [4.69, 9.17) is 0 Å². The minimum atomic E-state index is -0.170. The van der Waals surface area contributed by atoms with Crippen LogP contribution in [0.5, 0.6) is 0 Å². The lowest BCUT2D eigenvalue weighted by molar-refractivity contribution is 0.0704. The minimum absolute atomic E-state index is 0.00558. The fraction of sp³-hybridized carbons (Fsp3) is 0.261. The number of H-pyrrole nitrogens is 1. The van der Waals surface area contributed by atoms with E-state index >= 15 is 0 Å². The lowest BCUT2D eigenvalue weighted by Gasteiger charge is -2.32. The van der Waals surface area contributed by atoms with Gasteiger partial charge in [-0.05, 0) is 48.6 Å². The van der Waals surface area contributed by atoms with Crippen LogP contribution in [0.15, 0.2) is 65.6 Å². The van der Waals surface area contributed by atoms with Crippen molar-refractivity contribution in [1.29, 1.82) is 0 Å². The summed E-state index contributed by atoms with van der Waals surface area (Å²) in [6, 6.07) is 17.3. The number of likely N-dealkylation sites (tertiary alicyclic amines) is 1. The van der Waals surface area contributed by atoms with E-state index in [0.717, 1.165) is 29.4 Å². The summed E-state index contributed by atoms with van der Waals surface area (Å²) in [5, 5.41) is 5.62. The van der Waals surface area contributed by atoms with Gasteiger partial charge in [0, 0.05) is 43.3 Å². The second kappa shape index (κ2) is 7.33. The highest BCUT2D eigenvalue weighted by atomic mass is 16.2. The number of para-hydroxylation sites is 1. The highest BCUT2D eigenvalue weighted by Gasteiger charge is 2.30. The first kappa shape index (κ1) is 18.4. The van der Waals surface area contributed by atoms with Crippen LogP contribution in [0.1, 0.15) is 34.9 Å². The van der Waals surface area contributed by atoms with Crippen molar-refractivity contribution in [3.05, 3.63) is 82.7 Å². The van der Waals surface area contributed by atoms with Crippen LogP contribution < -0.4 is 5.69 Å². The maximum Gasteiger partial charge on any atom is 0.350 e. The molecule has 2 aromatic carbocycles. The molecule has 1 aliphatic rings. The molecule has 7 nitrogen and oxygen atoms in total. The molecule has 4 aromatic rings. The van der Waals surface area contributed by atoms with Gasteiger partial charge in [-0.15, -0.1) is 0 Å². The molecule has 0 unspecified atom stereocenters. The van der Waals surface area contributed by atoms with Gasteiger partial charge in [-0.1, -0.05) is 24.3 Å². The van der Waals surface area contributed by atoms with Gasteiger partial charge in [-0.3, -0.25) is 4.79 Å². The van der Waals surface area contributed by atoms with Gasteiger partial charge in [0.25, 0.3) is 5.91 Å². The van der Waals surface area contributed by atoms with E-state index in [2.05, 4.69) is 10.1 Å². The Morgan fingerprint density at radius 2 is 1.97 bits per heavy atom. The van der Waals surface area contributed by atoms with Gasteiger partial charge >= 0.3 is 5.69 Å². The number of carbonyl (C=O) groups is 1. The van der Waals surface area contributed by atoms with E-state index in [-0.39, 0.29) is 17.5 Å². The van der Waals surface area contributed by atoms with Crippen molar-refractivity contribution in [3.8, 4) is 5.69 Å². The number of nitrogens with one attached hydrogen (secondary N) is 1. The Hall–Kier alpha value is -3.61. The third kappa shape index (κ3) is 3.12. The maximum atomic E-state index is 13.2. The number of aromatic nitrogens is 4. The molecule has 0 aliphatic carbocycles.